The molecule has 0 aliphatic carbocycles. The first-order chi connectivity index (χ1) is 5.66. The summed E-state index contributed by atoms with van der Waals surface area (Å²) < 4.78 is 4.71. The van der Waals surface area contributed by atoms with E-state index >= 15 is 0 Å². The molecular formula is C9H13ClO2. The van der Waals surface area contributed by atoms with E-state index < -0.39 is 0 Å². The Kier molecular flexibility index (Phi) is 6.48. The van der Waals surface area contributed by atoms with E-state index in [2.05, 4.69) is 0 Å². The molecule has 68 valence electrons. The molecule has 0 saturated carbocycles. The molecule has 0 aliphatic heterocycles. The second-order valence-electron chi connectivity index (χ2n) is 2.31. The van der Waals surface area contributed by atoms with Gasteiger partial charge in [-0.3, -0.25) is 4.79 Å². The number of ether oxygens (including phenoxy) is 1. The van der Waals surface area contributed by atoms with Crippen molar-refractivity contribution in [1.29, 1.82) is 0 Å². The minimum atomic E-state index is -0.264. The van der Waals surface area contributed by atoms with Crippen LogP contribution >= 0.6 is 11.6 Å². The summed E-state index contributed by atoms with van der Waals surface area (Å²) in [5, 5.41) is 0. The fourth-order valence-corrected chi connectivity index (χ4v) is 0.678. The average Bonchev–Trinajstić information content (AvgIpc) is 2.00. The minimum Gasteiger partial charge on any atom is -0.462 e. The van der Waals surface area contributed by atoms with Crippen molar-refractivity contribution >= 4 is 17.6 Å². The SMILES string of the molecule is CC(=O)OCC=C(C)C=CCCl. The smallest absolute Gasteiger partial charge is 0.302 e. The molecule has 3 heteroatoms. The lowest BCUT2D eigenvalue weighted by Crippen LogP contribution is -1.97. The summed E-state index contributed by atoms with van der Waals surface area (Å²) in [6.45, 7) is 3.64. The van der Waals surface area contributed by atoms with Crippen molar-refractivity contribution < 1.29 is 9.53 Å². The van der Waals surface area contributed by atoms with Crippen molar-refractivity contribution in [3.8, 4) is 0 Å². The highest BCUT2D eigenvalue weighted by molar-refractivity contribution is 6.18. The molecule has 0 atom stereocenters. The molecule has 0 N–H and O–H groups in total. The van der Waals surface area contributed by atoms with Crippen molar-refractivity contribution in [2.45, 2.75) is 13.8 Å². The molecule has 2 nitrogen and oxygen atoms in total. The minimum absolute atomic E-state index is 0.264. The van der Waals surface area contributed by atoms with E-state index in [-0.39, 0.29) is 5.97 Å². The summed E-state index contributed by atoms with van der Waals surface area (Å²) in [5.41, 5.74) is 1.04. The summed E-state index contributed by atoms with van der Waals surface area (Å²) >= 11 is 5.43. The van der Waals surface area contributed by atoms with Gasteiger partial charge in [0.25, 0.3) is 0 Å². The second kappa shape index (κ2) is 6.92. The molecule has 0 bridgehead atoms. The Bertz CT molecular complexity index is 195. The number of rotatable bonds is 4. The van der Waals surface area contributed by atoms with E-state index in [1.54, 1.807) is 0 Å². The Morgan fingerprint density at radius 3 is 2.67 bits per heavy atom. The zero-order valence-electron chi connectivity index (χ0n) is 7.34. The van der Waals surface area contributed by atoms with Gasteiger partial charge in [0.1, 0.15) is 6.61 Å². The van der Waals surface area contributed by atoms with E-state index in [9.17, 15) is 4.79 Å². The van der Waals surface area contributed by atoms with Crippen LogP contribution in [0.1, 0.15) is 13.8 Å². The van der Waals surface area contributed by atoms with Crippen molar-refractivity contribution in [2.75, 3.05) is 12.5 Å². The van der Waals surface area contributed by atoms with Crippen LogP contribution in [0.5, 0.6) is 0 Å². The highest BCUT2D eigenvalue weighted by Gasteiger charge is 1.87. The van der Waals surface area contributed by atoms with Crippen LogP contribution in [0.15, 0.2) is 23.8 Å². The van der Waals surface area contributed by atoms with E-state index in [4.69, 9.17) is 16.3 Å². The van der Waals surface area contributed by atoms with Crippen LogP contribution in [0.25, 0.3) is 0 Å². The van der Waals surface area contributed by atoms with Crippen LogP contribution in [0.4, 0.5) is 0 Å². The topological polar surface area (TPSA) is 26.3 Å². The van der Waals surface area contributed by atoms with Crippen LogP contribution in [-0.4, -0.2) is 18.5 Å². The van der Waals surface area contributed by atoms with E-state index in [1.807, 2.05) is 25.2 Å². The van der Waals surface area contributed by atoms with Gasteiger partial charge < -0.3 is 4.74 Å². The van der Waals surface area contributed by atoms with Gasteiger partial charge >= 0.3 is 5.97 Å². The fourth-order valence-electron chi connectivity index (χ4n) is 0.589. The summed E-state index contributed by atoms with van der Waals surface area (Å²) in [6, 6.07) is 0. The first-order valence-corrected chi connectivity index (χ1v) is 4.23. The quantitative estimate of drug-likeness (QED) is 0.385. The van der Waals surface area contributed by atoms with Gasteiger partial charge in [-0.15, -0.1) is 11.6 Å². The maximum absolute atomic E-state index is 10.3. The Hall–Kier alpha value is -0.760. The highest BCUT2D eigenvalue weighted by atomic mass is 35.5. The first kappa shape index (κ1) is 11.2. The monoisotopic (exact) mass is 188 g/mol. The third-order valence-corrected chi connectivity index (χ3v) is 1.34. The molecule has 0 heterocycles. The number of hydrogen-bond acceptors (Lipinski definition) is 2. The standard InChI is InChI=1S/C9H13ClO2/c1-8(4-3-6-10)5-7-12-9(2)11/h3-5H,6-7H2,1-2H3. The number of halogens is 1. The number of carbonyl (C=O) groups is 1. The zero-order chi connectivity index (χ0) is 9.40. The molecular weight excluding hydrogens is 176 g/mol. The molecule has 0 rings (SSSR count). The lowest BCUT2D eigenvalue weighted by atomic mass is 10.3. The summed E-state index contributed by atoms with van der Waals surface area (Å²) in [6.07, 6.45) is 5.54. The molecule has 0 aliphatic rings. The van der Waals surface area contributed by atoms with Crippen LogP contribution in [0.3, 0.4) is 0 Å². The number of alkyl halides is 1. The van der Waals surface area contributed by atoms with E-state index in [1.165, 1.54) is 6.92 Å². The summed E-state index contributed by atoms with van der Waals surface area (Å²) in [4.78, 5) is 10.3. The maximum atomic E-state index is 10.3. The molecule has 0 saturated heterocycles. The Labute approximate surface area is 77.9 Å². The van der Waals surface area contributed by atoms with Gasteiger partial charge in [-0.25, -0.2) is 0 Å². The van der Waals surface area contributed by atoms with E-state index in [0.29, 0.717) is 12.5 Å². The van der Waals surface area contributed by atoms with Crippen LogP contribution in [-0.2, 0) is 9.53 Å². The van der Waals surface area contributed by atoms with Crippen LogP contribution in [0.2, 0.25) is 0 Å². The largest absolute Gasteiger partial charge is 0.462 e. The number of esters is 1. The molecule has 12 heavy (non-hydrogen) atoms. The van der Waals surface area contributed by atoms with Crippen molar-refractivity contribution in [3.05, 3.63) is 23.8 Å². The van der Waals surface area contributed by atoms with E-state index in [0.717, 1.165) is 5.57 Å². The average molecular weight is 189 g/mol. The zero-order valence-corrected chi connectivity index (χ0v) is 8.10. The number of carbonyl (C=O) groups excluding carboxylic acids is 1. The molecule has 0 spiro atoms. The summed E-state index contributed by atoms with van der Waals surface area (Å²) in [5.74, 6) is 0.235. The molecule has 0 aromatic carbocycles. The van der Waals surface area contributed by atoms with Crippen molar-refractivity contribution in [2.24, 2.45) is 0 Å². The van der Waals surface area contributed by atoms with Gasteiger partial charge in [0.05, 0.1) is 0 Å². The van der Waals surface area contributed by atoms with Crippen LogP contribution in [0, 0.1) is 0 Å². The molecule has 0 fully saturated rings. The maximum Gasteiger partial charge on any atom is 0.302 e. The van der Waals surface area contributed by atoms with Gasteiger partial charge in [-0.05, 0) is 13.0 Å². The molecule has 0 amide bonds. The fraction of sp³-hybridized carbons (Fsp3) is 0.444. The highest BCUT2D eigenvalue weighted by Crippen LogP contribution is 1.95. The Balaban J connectivity index is 3.69. The molecule has 0 aromatic rings. The van der Waals surface area contributed by atoms with Gasteiger partial charge in [-0.2, -0.15) is 0 Å². The van der Waals surface area contributed by atoms with Crippen molar-refractivity contribution in [3.63, 3.8) is 0 Å². The number of allylic oxidation sites excluding steroid dienone is 3. The third-order valence-electron chi connectivity index (χ3n) is 1.16. The number of hydrogen-bond donors (Lipinski definition) is 0. The van der Waals surface area contributed by atoms with Crippen LogP contribution < -0.4 is 0 Å². The van der Waals surface area contributed by atoms with Gasteiger partial charge in [-0.1, -0.05) is 17.7 Å². The Morgan fingerprint density at radius 1 is 1.50 bits per heavy atom. The summed E-state index contributed by atoms with van der Waals surface area (Å²) in [7, 11) is 0. The third kappa shape index (κ3) is 7.35. The lowest BCUT2D eigenvalue weighted by molar-refractivity contribution is -0.139. The molecule has 0 radical (unpaired) electrons. The van der Waals surface area contributed by atoms with Gasteiger partial charge in [0.2, 0.25) is 0 Å². The van der Waals surface area contributed by atoms with Crippen molar-refractivity contribution in [1.82, 2.24) is 0 Å². The predicted octanol–water partition coefficient (Wildman–Crippen LogP) is 2.29. The first-order valence-electron chi connectivity index (χ1n) is 3.69. The second-order valence-corrected chi connectivity index (χ2v) is 2.62. The predicted molar refractivity (Wildman–Crippen MR) is 50.3 cm³/mol. The Morgan fingerprint density at radius 2 is 2.17 bits per heavy atom. The van der Waals surface area contributed by atoms with Gasteiger partial charge in [0.15, 0.2) is 0 Å². The lowest BCUT2D eigenvalue weighted by Gasteiger charge is -1.95. The van der Waals surface area contributed by atoms with Gasteiger partial charge in [0, 0.05) is 12.8 Å². The molecule has 0 unspecified atom stereocenters. The molecule has 0 aromatic heterocycles. The normalized spacial score (nSPS) is 12.1.